The molecule has 0 saturated heterocycles. The average Bonchev–Trinajstić information content (AvgIpc) is 2.55. The van der Waals surface area contributed by atoms with Crippen molar-refractivity contribution < 1.29 is 19.0 Å². The van der Waals surface area contributed by atoms with Gasteiger partial charge in [-0.15, -0.1) is 0 Å². The lowest BCUT2D eigenvalue weighted by Gasteiger charge is -2.21. The van der Waals surface area contributed by atoms with E-state index >= 15 is 0 Å². The minimum absolute atomic E-state index is 0.285. The van der Waals surface area contributed by atoms with Gasteiger partial charge >= 0.3 is 0 Å². The van der Waals surface area contributed by atoms with Gasteiger partial charge in [-0.25, -0.2) is 0 Å². The highest BCUT2D eigenvalue weighted by molar-refractivity contribution is 9.10. The number of nitrogens with one attached hydrogen (secondary N) is 1. The third kappa shape index (κ3) is 3.94. The minimum Gasteiger partial charge on any atom is -0.486 e. The number of amides is 1. The Hall–Kier alpha value is -1.92. The predicted molar refractivity (Wildman–Crippen MR) is 95.3 cm³/mol. The normalized spacial score (nSPS) is 14.0. The first-order valence-corrected chi connectivity index (χ1v) is 8.52. The van der Waals surface area contributed by atoms with Crippen molar-refractivity contribution >= 4 is 39.1 Å². The number of anilines is 1. The highest BCUT2D eigenvalue weighted by Crippen LogP contribution is 2.38. The molecule has 1 heterocycles. The molecule has 7 heteroatoms. The Bertz CT molecular complexity index is 768. The largest absolute Gasteiger partial charge is 0.486 e. The van der Waals surface area contributed by atoms with Gasteiger partial charge in [0.05, 0.1) is 5.69 Å². The number of fused-ring (bicyclic) bond motifs is 1. The highest BCUT2D eigenvalue weighted by atomic mass is 79.9. The number of hydrogen-bond donors (Lipinski definition) is 1. The summed E-state index contributed by atoms with van der Waals surface area (Å²) in [4.78, 5) is 12.4. The van der Waals surface area contributed by atoms with Crippen LogP contribution in [0.2, 0.25) is 5.02 Å². The van der Waals surface area contributed by atoms with E-state index < -0.39 is 6.10 Å². The van der Waals surface area contributed by atoms with Crippen LogP contribution in [-0.4, -0.2) is 25.2 Å². The summed E-state index contributed by atoms with van der Waals surface area (Å²) in [6.07, 6.45) is -0.691. The number of halogens is 2. The van der Waals surface area contributed by atoms with Gasteiger partial charge < -0.3 is 19.5 Å². The van der Waals surface area contributed by atoms with Crippen LogP contribution in [0.25, 0.3) is 0 Å². The minimum atomic E-state index is -0.691. The van der Waals surface area contributed by atoms with Crippen LogP contribution in [0.5, 0.6) is 17.2 Å². The van der Waals surface area contributed by atoms with E-state index in [4.69, 9.17) is 25.8 Å². The van der Waals surface area contributed by atoms with Gasteiger partial charge in [0.25, 0.3) is 5.91 Å². The van der Waals surface area contributed by atoms with E-state index in [-0.39, 0.29) is 5.91 Å². The van der Waals surface area contributed by atoms with Gasteiger partial charge in [0.2, 0.25) is 0 Å². The monoisotopic (exact) mass is 411 g/mol. The van der Waals surface area contributed by atoms with E-state index in [0.717, 1.165) is 0 Å². The third-order valence-electron chi connectivity index (χ3n) is 3.37. The maximum Gasteiger partial charge on any atom is 0.265 e. The van der Waals surface area contributed by atoms with E-state index in [1.807, 2.05) is 0 Å². The molecule has 1 N–H and O–H groups in total. The molecule has 126 valence electrons. The molecule has 24 heavy (non-hydrogen) atoms. The van der Waals surface area contributed by atoms with Crippen LogP contribution >= 0.6 is 27.5 Å². The van der Waals surface area contributed by atoms with Crippen molar-refractivity contribution in [3.63, 3.8) is 0 Å². The second-order valence-corrected chi connectivity index (χ2v) is 6.47. The van der Waals surface area contributed by atoms with Crippen LogP contribution < -0.4 is 19.5 Å². The van der Waals surface area contributed by atoms with Crippen LogP contribution in [0.1, 0.15) is 6.92 Å². The highest BCUT2D eigenvalue weighted by Gasteiger charge is 2.19. The molecule has 0 bridgehead atoms. The molecule has 1 unspecified atom stereocenters. The van der Waals surface area contributed by atoms with Crippen molar-refractivity contribution in [1.29, 1.82) is 0 Å². The Morgan fingerprint density at radius 2 is 1.96 bits per heavy atom. The maximum absolute atomic E-state index is 12.4. The summed E-state index contributed by atoms with van der Waals surface area (Å²) in [7, 11) is 0. The predicted octanol–water partition coefficient (Wildman–Crippen LogP) is 4.28. The molecule has 0 spiro atoms. The topological polar surface area (TPSA) is 56.8 Å². The second kappa shape index (κ2) is 7.32. The van der Waals surface area contributed by atoms with Crippen molar-refractivity contribution in [2.75, 3.05) is 18.5 Å². The lowest BCUT2D eigenvalue weighted by Crippen LogP contribution is -2.30. The number of ether oxygens (including phenoxy) is 3. The summed E-state index contributed by atoms with van der Waals surface area (Å²) < 4.78 is 17.3. The number of hydrogen-bond acceptors (Lipinski definition) is 4. The third-order valence-corrected chi connectivity index (χ3v) is 4.26. The summed E-state index contributed by atoms with van der Waals surface area (Å²) in [6.45, 7) is 2.66. The molecule has 1 aliphatic heterocycles. The molecule has 0 fully saturated rings. The zero-order valence-electron chi connectivity index (χ0n) is 12.8. The van der Waals surface area contributed by atoms with Gasteiger partial charge in [-0.3, -0.25) is 4.79 Å². The van der Waals surface area contributed by atoms with Crippen LogP contribution in [0.3, 0.4) is 0 Å². The Morgan fingerprint density at radius 3 is 2.67 bits per heavy atom. The van der Waals surface area contributed by atoms with Crippen LogP contribution in [0.4, 0.5) is 5.69 Å². The van der Waals surface area contributed by atoms with Gasteiger partial charge in [0.15, 0.2) is 17.6 Å². The molecule has 1 aliphatic rings. The van der Waals surface area contributed by atoms with E-state index in [9.17, 15) is 4.79 Å². The number of benzene rings is 2. The summed E-state index contributed by atoms with van der Waals surface area (Å²) >= 11 is 9.33. The molecule has 3 rings (SSSR count). The van der Waals surface area contributed by atoms with Gasteiger partial charge in [-0.05, 0) is 41.1 Å². The van der Waals surface area contributed by atoms with Gasteiger partial charge in [0.1, 0.15) is 19.0 Å². The summed E-state index contributed by atoms with van der Waals surface area (Å²) in [5.74, 6) is 1.50. The molecule has 2 aromatic rings. The number of carbonyl (C=O) groups is 1. The average molecular weight is 413 g/mol. The Balaban J connectivity index is 1.70. The van der Waals surface area contributed by atoms with Crippen LogP contribution in [0, 0.1) is 0 Å². The molecule has 5 nitrogen and oxygen atoms in total. The molecule has 2 aromatic carbocycles. The Morgan fingerprint density at radius 1 is 1.25 bits per heavy atom. The molecular weight excluding hydrogens is 398 g/mol. The quantitative estimate of drug-likeness (QED) is 0.814. The van der Waals surface area contributed by atoms with Gasteiger partial charge in [-0.1, -0.05) is 17.7 Å². The van der Waals surface area contributed by atoms with Crippen LogP contribution in [0.15, 0.2) is 40.9 Å². The standard InChI is InChI=1S/C17H15BrClNO4/c1-10(24-12-4-2-3-11(19)7-12)17(21)20-14-9-16-15(8-13(14)18)22-5-6-23-16/h2-4,7-10H,5-6H2,1H3,(H,20,21). The Kier molecular flexibility index (Phi) is 5.16. The fourth-order valence-electron chi connectivity index (χ4n) is 2.19. The van der Waals surface area contributed by atoms with Crippen molar-refractivity contribution in [3.8, 4) is 17.2 Å². The SMILES string of the molecule is CC(Oc1cccc(Cl)c1)C(=O)Nc1cc2c(cc1Br)OCCO2. The fraction of sp³-hybridized carbons (Fsp3) is 0.235. The first-order valence-electron chi connectivity index (χ1n) is 7.35. The molecule has 0 radical (unpaired) electrons. The lowest BCUT2D eigenvalue weighted by molar-refractivity contribution is -0.122. The van der Waals surface area contributed by atoms with E-state index in [1.54, 1.807) is 43.3 Å². The lowest BCUT2D eigenvalue weighted by atomic mass is 10.2. The van der Waals surface area contributed by atoms with Crippen molar-refractivity contribution in [2.24, 2.45) is 0 Å². The Labute approximate surface area is 153 Å². The fourth-order valence-corrected chi connectivity index (χ4v) is 2.79. The zero-order valence-corrected chi connectivity index (χ0v) is 15.2. The van der Waals surface area contributed by atoms with Crippen molar-refractivity contribution in [2.45, 2.75) is 13.0 Å². The molecule has 0 aromatic heterocycles. The first-order chi connectivity index (χ1) is 11.5. The zero-order chi connectivity index (χ0) is 17.1. The van der Waals surface area contributed by atoms with Gasteiger partial charge in [0, 0.05) is 21.6 Å². The summed E-state index contributed by atoms with van der Waals surface area (Å²) in [5, 5.41) is 3.37. The smallest absolute Gasteiger partial charge is 0.265 e. The van der Waals surface area contributed by atoms with Crippen LogP contribution in [-0.2, 0) is 4.79 Å². The van der Waals surface area contributed by atoms with E-state index in [0.29, 0.717) is 45.6 Å². The molecule has 1 amide bonds. The molecular formula is C17H15BrClNO4. The second-order valence-electron chi connectivity index (χ2n) is 5.18. The first kappa shape index (κ1) is 16.9. The maximum atomic E-state index is 12.4. The van der Waals surface area contributed by atoms with Crippen molar-refractivity contribution in [1.82, 2.24) is 0 Å². The molecule has 0 aliphatic carbocycles. The number of rotatable bonds is 4. The van der Waals surface area contributed by atoms with E-state index in [1.165, 1.54) is 0 Å². The summed E-state index contributed by atoms with van der Waals surface area (Å²) in [6, 6.07) is 10.4. The molecule has 1 atom stereocenters. The van der Waals surface area contributed by atoms with Gasteiger partial charge in [-0.2, -0.15) is 0 Å². The number of carbonyl (C=O) groups excluding carboxylic acids is 1. The van der Waals surface area contributed by atoms with Crippen molar-refractivity contribution in [3.05, 3.63) is 45.9 Å². The summed E-state index contributed by atoms with van der Waals surface area (Å²) in [5.41, 5.74) is 0.589. The molecule has 0 saturated carbocycles. The van der Waals surface area contributed by atoms with E-state index in [2.05, 4.69) is 21.2 Å².